The van der Waals surface area contributed by atoms with Gasteiger partial charge >= 0.3 is 5.97 Å². The minimum atomic E-state index is -0.667. The zero-order valence-electron chi connectivity index (χ0n) is 14.3. The number of nitrogens with zero attached hydrogens (tertiary/aromatic N) is 1. The molecule has 0 spiro atoms. The van der Waals surface area contributed by atoms with Gasteiger partial charge in [-0.1, -0.05) is 0 Å². The number of carboxylic acids is 1. The highest BCUT2D eigenvalue weighted by atomic mass is 16.4. The van der Waals surface area contributed by atoms with Crippen LogP contribution >= 0.6 is 0 Å². The molecule has 0 radical (unpaired) electrons. The van der Waals surface area contributed by atoms with Crippen molar-refractivity contribution in [2.75, 3.05) is 0 Å². The first-order valence-corrected chi connectivity index (χ1v) is 8.75. The van der Waals surface area contributed by atoms with Gasteiger partial charge in [0.15, 0.2) is 0 Å². The third-order valence-electron chi connectivity index (χ3n) is 6.32. The second-order valence-electron chi connectivity index (χ2n) is 8.73. The van der Waals surface area contributed by atoms with Crippen LogP contribution in [-0.2, 0) is 9.59 Å². The Kier molecular flexibility index (Phi) is 3.57. The number of aliphatic carboxylic acids is 1. The van der Waals surface area contributed by atoms with Gasteiger partial charge in [-0.25, -0.2) is 0 Å². The summed E-state index contributed by atoms with van der Waals surface area (Å²) < 4.78 is 0. The molecule has 0 heterocycles. The molecule has 2 atom stereocenters. The number of carboxylic acid groups (broad SMARTS) is 1. The van der Waals surface area contributed by atoms with Crippen molar-refractivity contribution in [2.45, 2.75) is 78.3 Å². The minimum absolute atomic E-state index is 0.168. The SMILES string of the molecule is CC(C)N(C(=O)C12CC3CC(CC(C(=O)O)(C3)C1)C2)C(C)C. The molecule has 0 aliphatic heterocycles. The molecular weight excluding hydrogens is 278 g/mol. The lowest BCUT2D eigenvalue weighted by Gasteiger charge is -2.60. The molecule has 4 aliphatic carbocycles. The topological polar surface area (TPSA) is 57.6 Å². The highest BCUT2D eigenvalue weighted by Crippen LogP contribution is 2.65. The van der Waals surface area contributed by atoms with Gasteiger partial charge in [0.05, 0.1) is 10.8 Å². The molecule has 4 saturated carbocycles. The molecule has 0 aromatic rings. The van der Waals surface area contributed by atoms with Crippen LogP contribution in [0.15, 0.2) is 0 Å². The zero-order chi connectivity index (χ0) is 16.3. The molecule has 4 fully saturated rings. The zero-order valence-corrected chi connectivity index (χ0v) is 14.3. The highest BCUT2D eigenvalue weighted by Gasteiger charge is 2.64. The van der Waals surface area contributed by atoms with Crippen molar-refractivity contribution in [2.24, 2.45) is 22.7 Å². The average Bonchev–Trinajstić information content (AvgIpc) is 2.35. The second kappa shape index (κ2) is 4.97. The highest BCUT2D eigenvalue weighted by molar-refractivity contribution is 5.86. The third kappa shape index (κ3) is 2.17. The van der Waals surface area contributed by atoms with Crippen LogP contribution in [0.1, 0.15) is 66.2 Å². The molecule has 0 aromatic heterocycles. The Morgan fingerprint density at radius 1 is 0.955 bits per heavy atom. The van der Waals surface area contributed by atoms with Gasteiger partial charge in [-0.2, -0.15) is 0 Å². The van der Waals surface area contributed by atoms with E-state index in [1.54, 1.807) is 0 Å². The first-order valence-electron chi connectivity index (χ1n) is 8.75. The Morgan fingerprint density at radius 2 is 1.41 bits per heavy atom. The standard InChI is InChI=1S/C18H29NO3/c1-11(2)19(12(3)4)15(20)17-6-13-5-14(7-17)9-18(8-13,10-17)16(21)22/h11-14H,5-10H2,1-4H3,(H,21,22). The maximum atomic E-state index is 13.4. The molecule has 0 aromatic carbocycles. The number of amides is 1. The normalized spacial score (nSPS) is 39.5. The van der Waals surface area contributed by atoms with E-state index >= 15 is 0 Å². The molecule has 4 bridgehead atoms. The van der Waals surface area contributed by atoms with Crippen molar-refractivity contribution in [1.82, 2.24) is 4.90 Å². The summed E-state index contributed by atoms with van der Waals surface area (Å²) in [5, 5.41) is 9.81. The summed E-state index contributed by atoms with van der Waals surface area (Å²) in [7, 11) is 0. The Labute approximate surface area is 133 Å². The van der Waals surface area contributed by atoms with Crippen LogP contribution in [0.2, 0.25) is 0 Å². The summed E-state index contributed by atoms with van der Waals surface area (Å²) in [4.78, 5) is 27.3. The van der Waals surface area contributed by atoms with Crippen molar-refractivity contribution in [3.63, 3.8) is 0 Å². The fourth-order valence-corrected chi connectivity index (χ4v) is 6.10. The predicted molar refractivity (Wildman–Crippen MR) is 84.3 cm³/mol. The summed E-state index contributed by atoms with van der Waals surface area (Å²) in [5.74, 6) is 0.418. The second-order valence-corrected chi connectivity index (χ2v) is 8.73. The molecule has 4 aliphatic rings. The van der Waals surface area contributed by atoms with E-state index in [-0.39, 0.29) is 18.0 Å². The van der Waals surface area contributed by atoms with Crippen LogP contribution in [0, 0.1) is 22.7 Å². The fraction of sp³-hybridized carbons (Fsp3) is 0.889. The Morgan fingerprint density at radius 3 is 1.82 bits per heavy atom. The molecule has 4 nitrogen and oxygen atoms in total. The van der Waals surface area contributed by atoms with Crippen LogP contribution in [-0.4, -0.2) is 34.0 Å². The molecule has 2 unspecified atom stereocenters. The van der Waals surface area contributed by atoms with E-state index in [1.165, 1.54) is 0 Å². The number of carbonyl (C=O) groups is 2. The van der Waals surface area contributed by atoms with Gasteiger partial charge in [-0.3, -0.25) is 9.59 Å². The number of carbonyl (C=O) groups excluding carboxylic acids is 1. The first-order chi connectivity index (χ1) is 10.2. The summed E-state index contributed by atoms with van der Waals surface area (Å²) in [6.45, 7) is 8.24. The maximum absolute atomic E-state index is 13.4. The summed E-state index contributed by atoms with van der Waals surface area (Å²) >= 11 is 0. The monoisotopic (exact) mass is 307 g/mol. The van der Waals surface area contributed by atoms with Crippen molar-refractivity contribution in [1.29, 1.82) is 0 Å². The van der Waals surface area contributed by atoms with Gasteiger partial charge in [-0.05, 0) is 78.1 Å². The number of rotatable bonds is 4. The van der Waals surface area contributed by atoms with Crippen molar-refractivity contribution < 1.29 is 14.7 Å². The number of hydrogen-bond acceptors (Lipinski definition) is 2. The van der Waals surface area contributed by atoms with Crippen LogP contribution < -0.4 is 0 Å². The van der Waals surface area contributed by atoms with E-state index < -0.39 is 16.8 Å². The van der Waals surface area contributed by atoms with Crippen LogP contribution in [0.5, 0.6) is 0 Å². The smallest absolute Gasteiger partial charge is 0.309 e. The van der Waals surface area contributed by atoms with Crippen LogP contribution in [0.4, 0.5) is 0 Å². The molecule has 1 amide bonds. The largest absolute Gasteiger partial charge is 0.481 e. The molecule has 4 heteroatoms. The predicted octanol–water partition coefficient (Wildman–Crippen LogP) is 3.30. The van der Waals surface area contributed by atoms with Gasteiger partial charge in [-0.15, -0.1) is 0 Å². The van der Waals surface area contributed by atoms with E-state index in [0.717, 1.165) is 32.1 Å². The Hall–Kier alpha value is -1.06. The van der Waals surface area contributed by atoms with Gasteiger partial charge in [0, 0.05) is 12.1 Å². The van der Waals surface area contributed by atoms with E-state index in [2.05, 4.69) is 27.7 Å². The van der Waals surface area contributed by atoms with E-state index in [9.17, 15) is 14.7 Å². The third-order valence-corrected chi connectivity index (χ3v) is 6.32. The fourth-order valence-electron chi connectivity index (χ4n) is 6.10. The van der Waals surface area contributed by atoms with Crippen LogP contribution in [0.25, 0.3) is 0 Å². The summed E-state index contributed by atoms with van der Waals surface area (Å²) in [6.07, 6.45) is 5.10. The molecule has 0 saturated heterocycles. The van der Waals surface area contributed by atoms with E-state index in [4.69, 9.17) is 0 Å². The lowest BCUT2D eigenvalue weighted by molar-refractivity contribution is -0.185. The van der Waals surface area contributed by atoms with Gasteiger partial charge in [0.1, 0.15) is 0 Å². The van der Waals surface area contributed by atoms with Crippen LogP contribution in [0.3, 0.4) is 0 Å². The average molecular weight is 307 g/mol. The van der Waals surface area contributed by atoms with Crippen molar-refractivity contribution >= 4 is 11.9 Å². The van der Waals surface area contributed by atoms with E-state index in [0.29, 0.717) is 18.3 Å². The summed E-state index contributed by atoms with van der Waals surface area (Å²) in [6, 6.07) is 0.336. The van der Waals surface area contributed by atoms with Crippen molar-refractivity contribution in [3.05, 3.63) is 0 Å². The lowest BCUT2D eigenvalue weighted by Crippen LogP contribution is -2.61. The first kappa shape index (κ1) is 15.8. The molecular formula is C18H29NO3. The van der Waals surface area contributed by atoms with Crippen molar-refractivity contribution in [3.8, 4) is 0 Å². The quantitative estimate of drug-likeness (QED) is 0.867. The molecule has 124 valence electrons. The maximum Gasteiger partial charge on any atom is 0.309 e. The Balaban J connectivity index is 1.96. The lowest BCUT2D eigenvalue weighted by atomic mass is 9.44. The van der Waals surface area contributed by atoms with Gasteiger partial charge in [0.25, 0.3) is 0 Å². The van der Waals surface area contributed by atoms with E-state index in [1.807, 2.05) is 4.90 Å². The number of hydrogen-bond donors (Lipinski definition) is 1. The molecule has 22 heavy (non-hydrogen) atoms. The van der Waals surface area contributed by atoms with Gasteiger partial charge in [0.2, 0.25) is 5.91 Å². The molecule has 1 N–H and O–H groups in total. The Bertz CT molecular complexity index is 475. The molecule has 4 rings (SSSR count). The summed E-state index contributed by atoms with van der Waals surface area (Å²) in [5.41, 5.74) is -1.03. The minimum Gasteiger partial charge on any atom is -0.481 e. The van der Waals surface area contributed by atoms with Gasteiger partial charge < -0.3 is 10.0 Å².